The third kappa shape index (κ3) is 3.90. The van der Waals surface area contributed by atoms with Crippen molar-refractivity contribution in [2.75, 3.05) is 32.0 Å². The number of hydrogen-bond donors (Lipinski definition) is 1. The minimum atomic E-state index is -0.774. The van der Waals surface area contributed by atoms with Gasteiger partial charge in [0.15, 0.2) is 5.82 Å². The largest absolute Gasteiger partial charge is 0.490 e. The van der Waals surface area contributed by atoms with Crippen LogP contribution in [0.5, 0.6) is 5.75 Å². The highest BCUT2D eigenvalue weighted by molar-refractivity contribution is 6.31. The molecule has 186 valence electrons. The number of carbonyl (C=O) groups is 1. The molecule has 0 unspecified atom stereocenters. The predicted molar refractivity (Wildman–Crippen MR) is 131 cm³/mol. The highest BCUT2D eigenvalue weighted by Crippen LogP contribution is 2.43. The number of carbonyl (C=O) groups excluding carboxylic acids is 1. The van der Waals surface area contributed by atoms with Gasteiger partial charge in [0.25, 0.3) is 5.91 Å². The third-order valence-corrected chi connectivity index (χ3v) is 7.21. The molecule has 0 bridgehead atoms. The molecule has 2 aromatic heterocycles. The molecule has 35 heavy (non-hydrogen) atoms. The number of nitrogens with two attached hydrogens (primary N) is 1. The normalized spacial score (nSPS) is 17.9. The Labute approximate surface area is 208 Å². The monoisotopic (exact) mass is 501 g/mol. The van der Waals surface area contributed by atoms with Crippen LogP contribution in [0, 0.1) is 18.2 Å². The van der Waals surface area contributed by atoms with Gasteiger partial charge in [-0.25, -0.2) is 14.4 Å². The van der Waals surface area contributed by atoms with Gasteiger partial charge in [-0.3, -0.25) is 9.20 Å². The molecule has 5 rings (SSSR count). The van der Waals surface area contributed by atoms with E-state index in [9.17, 15) is 4.79 Å². The first-order valence-corrected chi connectivity index (χ1v) is 12.1. The van der Waals surface area contributed by atoms with Crippen molar-refractivity contribution < 1.29 is 18.7 Å². The Bertz CT molecular complexity index is 1310. The fraction of sp³-hybridized carbons (Fsp3) is 0.480. The average molecular weight is 502 g/mol. The molecule has 0 aliphatic carbocycles. The van der Waals surface area contributed by atoms with Gasteiger partial charge in [-0.15, -0.1) is 0 Å². The number of hydrogen-bond acceptors (Lipinski definition) is 6. The standard InChI is InChI=1S/C25H29ClFN5O3/c1-13(2)35-21-16(14(3)23-30-15(4)20-22(28)29-6-7-32(20)23)9-17(26)19(27)18(21)24(33)31-10-25(11-31)5-8-34-12-25/h6-7,9,13-14H,5,8,10-12H2,1-4H3,(H2,28,29)/t14-/m0/s1. The fourth-order valence-electron chi connectivity index (χ4n) is 5.18. The zero-order valence-corrected chi connectivity index (χ0v) is 21.0. The van der Waals surface area contributed by atoms with E-state index in [0.717, 1.165) is 12.1 Å². The van der Waals surface area contributed by atoms with Crippen LogP contribution in [-0.2, 0) is 4.74 Å². The summed E-state index contributed by atoms with van der Waals surface area (Å²) in [4.78, 5) is 24.1. The lowest BCUT2D eigenvalue weighted by atomic mass is 9.79. The van der Waals surface area contributed by atoms with Crippen molar-refractivity contribution in [3.8, 4) is 5.75 Å². The molecule has 3 aromatic rings. The van der Waals surface area contributed by atoms with Crippen molar-refractivity contribution in [2.45, 2.75) is 46.1 Å². The van der Waals surface area contributed by atoms with E-state index < -0.39 is 11.7 Å². The summed E-state index contributed by atoms with van der Waals surface area (Å²) in [7, 11) is 0. The third-order valence-electron chi connectivity index (χ3n) is 6.93. The van der Waals surface area contributed by atoms with Gasteiger partial charge < -0.3 is 20.1 Å². The number of benzene rings is 1. The second-order valence-corrected chi connectivity index (χ2v) is 10.3. The maximum atomic E-state index is 15.5. The first kappa shape index (κ1) is 23.8. The van der Waals surface area contributed by atoms with Crippen LogP contribution in [0.15, 0.2) is 18.5 Å². The molecule has 10 heteroatoms. The molecule has 2 fully saturated rings. The molecule has 2 N–H and O–H groups in total. The van der Waals surface area contributed by atoms with Crippen LogP contribution in [-0.4, -0.2) is 57.6 Å². The molecule has 1 atom stereocenters. The lowest BCUT2D eigenvalue weighted by molar-refractivity contribution is -0.000282. The van der Waals surface area contributed by atoms with Crippen LogP contribution in [0.3, 0.4) is 0 Å². The van der Waals surface area contributed by atoms with E-state index in [1.807, 2.05) is 32.1 Å². The number of amides is 1. The van der Waals surface area contributed by atoms with Gasteiger partial charge in [0.2, 0.25) is 0 Å². The van der Waals surface area contributed by atoms with Crippen LogP contribution in [0.4, 0.5) is 10.2 Å². The van der Waals surface area contributed by atoms with Gasteiger partial charge in [-0.1, -0.05) is 18.5 Å². The van der Waals surface area contributed by atoms with Gasteiger partial charge >= 0.3 is 0 Å². The maximum absolute atomic E-state index is 15.5. The van der Waals surface area contributed by atoms with Crippen LogP contribution >= 0.6 is 11.6 Å². The SMILES string of the molecule is Cc1nc([C@@H](C)c2cc(Cl)c(F)c(C(=O)N3CC4(CCOC4)C3)c2OC(C)C)n2ccnc(N)c12. The van der Waals surface area contributed by atoms with Crippen LogP contribution in [0.2, 0.25) is 5.02 Å². The molecule has 2 aliphatic heterocycles. The number of ether oxygens (including phenoxy) is 2. The summed E-state index contributed by atoms with van der Waals surface area (Å²) in [5.41, 5.74) is 7.93. The van der Waals surface area contributed by atoms with E-state index in [1.54, 1.807) is 17.3 Å². The quantitative estimate of drug-likeness (QED) is 0.562. The van der Waals surface area contributed by atoms with E-state index in [-0.39, 0.29) is 33.8 Å². The van der Waals surface area contributed by atoms with Crippen LogP contribution < -0.4 is 10.5 Å². The van der Waals surface area contributed by atoms with Gasteiger partial charge in [0.1, 0.15) is 28.5 Å². The van der Waals surface area contributed by atoms with E-state index >= 15 is 4.39 Å². The molecule has 1 amide bonds. The Morgan fingerprint density at radius 3 is 2.74 bits per heavy atom. The number of likely N-dealkylation sites (tertiary alicyclic amines) is 1. The Balaban J connectivity index is 1.61. The van der Waals surface area contributed by atoms with Crippen molar-refractivity contribution in [2.24, 2.45) is 5.41 Å². The topological polar surface area (TPSA) is 95.0 Å². The van der Waals surface area contributed by atoms with E-state index in [4.69, 9.17) is 31.8 Å². The molecule has 1 aromatic carbocycles. The molecule has 0 radical (unpaired) electrons. The minimum absolute atomic E-state index is 0.0276. The number of nitrogen functional groups attached to an aromatic ring is 1. The predicted octanol–water partition coefficient (Wildman–Crippen LogP) is 4.21. The number of anilines is 1. The summed E-state index contributed by atoms with van der Waals surface area (Å²) in [5.74, 6) is -0.368. The first-order valence-electron chi connectivity index (χ1n) is 11.8. The second kappa shape index (κ2) is 8.64. The summed E-state index contributed by atoms with van der Waals surface area (Å²) in [6.07, 6.45) is 3.99. The summed E-state index contributed by atoms with van der Waals surface area (Å²) in [5, 5.41) is -0.135. The average Bonchev–Trinajstić information content (AvgIpc) is 3.40. The highest BCUT2D eigenvalue weighted by atomic mass is 35.5. The molecule has 4 heterocycles. The number of nitrogens with zero attached hydrogens (tertiary/aromatic N) is 4. The second-order valence-electron chi connectivity index (χ2n) is 9.90. The number of fused-ring (bicyclic) bond motifs is 1. The Morgan fingerprint density at radius 2 is 2.09 bits per heavy atom. The molecule has 1 spiro atoms. The summed E-state index contributed by atoms with van der Waals surface area (Å²) in [6.45, 7) is 9.82. The van der Waals surface area contributed by atoms with Gasteiger partial charge in [0.05, 0.1) is 23.4 Å². The van der Waals surface area contributed by atoms with Crippen LogP contribution in [0.1, 0.15) is 60.5 Å². The number of aryl methyl sites for hydroxylation is 1. The summed E-state index contributed by atoms with van der Waals surface area (Å²) < 4.78 is 29.0. The maximum Gasteiger partial charge on any atom is 0.260 e. The zero-order valence-electron chi connectivity index (χ0n) is 20.3. The van der Waals surface area contributed by atoms with E-state index in [2.05, 4.69) is 4.98 Å². The van der Waals surface area contributed by atoms with Gasteiger partial charge in [-0.2, -0.15) is 0 Å². The molecule has 8 nitrogen and oxygen atoms in total. The molecular weight excluding hydrogens is 473 g/mol. The number of aromatic nitrogens is 3. The zero-order chi connectivity index (χ0) is 25.1. The number of halogens is 2. The summed E-state index contributed by atoms with van der Waals surface area (Å²) >= 11 is 6.36. The van der Waals surface area contributed by atoms with Gasteiger partial charge in [-0.05, 0) is 33.3 Å². The lowest BCUT2D eigenvalue weighted by Gasteiger charge is -2.47. The molecular formula is C25H29ClFN5O3. The summed E-state index contributed by atoms with van der Waals surface area (Å²) in [6, 6.07) is 1.53. The smallest absolute Gasteiger partial charge is 0.260 e. The molecule has 2 saturated heterocycles. The fourth-order valence-corrected chi connectivity index (χ4v) is 5.39. The Kier molecular flexibility index (Phi) is 5.88. The Hall–Kier alpha value is -2.91. The van der Waals surface area contributed by atoms with Gasteiger partial charge in [0, 0.05) is 49.0 Å². The lowest BCUT2D eigenvalue weighted by Crippen LogP contribution is -2.59. The van der Waals surface area contributed by atoms with E-state index in [0.29, 0.717) is 49.0 Å². The van der Waals surface area contributed by atoms with Crippen molar-refractivity contribution in [1.29, 1.82) is 0 Å². The molecule has 0 saturated carbocycles. The number of imidazole rings is 1. The minimum Gasteiger partial charge on any atom is -0.490 e. The molecule has 2 aliphatic rings. The van der Waals surface area contributed by atoms with Crippen molar-refractivity contribution >= 4 is 28.8 Å². The van der Waals surface area contributed by atoms with Crippen LogP contribution in [0.25, 0.3) is 5.52 Å². The van der Waals surface area contributed by atoms with Crippen molar-refractivity contribution in [1.82, 2.24) is 19.3 Å². The van der Waals surface area contributed by atoms with E-state index in [1.165, 1.54) is 6.07 Å². The van der Waals surface area contributed by atoms with Crippen molar-refractivity contribution in [3.63, 3.8) is 0 Å². The first-order chi connectivity index (χ1) is 16.6. The Morgan fingerprint density at radius 1 is 1.34 bits per heavy atom. The number of rotatable bonds is 5. The highest BCUT2D eigenvalue weighted by Gasteiger charge is 2.49. The van der Waals surface area contributed by atoms with Crippen molar-refractivity contribution in [3.05, 3.63) is 51.9 Å².